The molecule has 1 saturated carbocycles. The van der Waals surface area contributed by atoms with Crippen molar-refractivity contribution in [2.45, 2.75) is 45.1 Å². The highest BCUT2D eigenvalue weighted by Gasteiger charge is 2.28. The van der Waals surface area contributed by atoms with Crippen LogP contribution in [0.25, 0.3) is 0 Å². The topological polar surface area (TPSA) is 20.9 Å². The fraction of sp³-hybridized carbons (Fsp3) is 0.368. The molecule has 0 unspecified atom stereocenters. The quantitative estimate of drug-likeness (QED) is 0.616. The molecule has 0 N–H and O–H groups in total. The van der Waals surface area contributed by atoms with Gasteiger partial charge in [-0.1, -0.05) is 43.2 Å². The summed E-state index contributed by atoms with van der Waals surface area (Å²) < 4.78 is 2.17. The summed E-state index contributed by atoms with van der Waals surface area (Å²) in [6, 6.07) is 13.8. The van der Waals surface area contributed by atoms with Crippen LogP contribution in [0.15, 0.2) is 48.7 Å². The maximum Gasteiger partial charge on any atom is 0.227 e. The molecule has 0 amide bonds. The van der Waals surface area contributed by atoms with E-state index >= 15 is 0 Å². The molecule has 2 heteroatoms. The summed E-state index contributed by atoms with van der Waals surface area (Å²) in [5, 5.41) is 0. The smallest absolute Gasteiger partial charge is 0.227 e. The van der Waals surface area contributed by atoms with Crippen molar-refractivity contribution in [3.05, 3.63) is 65.5 Å². The summed E-state index contributed by atoms with van der Waals surface area (Å²) in [6.07, 6.45) is 7.19. The molecule has 1 aliphatic carbocycles. The van der Waals surface area contributed by atoms with Crippen LogP contribution in [0, 0.1) is 6.92 Å². The van der Waals surface area contributed by atoms with Crippen molar-refractivity contribution < 1.29 is 9.36 Å². The summed E-state index contributed by atoms with van der Waals surface area (Å²) in [7, 11) is 0. The molecule has 0 spiro atoms. The van der Waals surface area contributed by atoms with Gasteiger partial charge in [-0.25, -0.2) is 0 Å². The van der Waals surface area contributed by atoms with Gasteiger partial charge in [0.05, 0.1) is 0 Å². The number of nitrogens with zero attached hydrogens (tertiary/aromatic N) is 1. The van der Waals surface area contributed by atoms with Gasteiger partial charge >= 0.3 is 0 Å². The first-order valence-corrected chi connectivity index (χ1v) is 7.83. The van der Waals surface area contributed by atoms with Gasteiger partial charge in [-0.3, -0.25) is 4.79 Å². The van der Waals surface area contributed by atoms with Crippen molar-refractivity contribution in [3.8, 4) is 0 Å². The largest absolute Gasteiger partial charge is 0.287 e. The summed E-state index contributed by atoms with van der Waals surface area (Å²) in [5.41, 5.74) is 3.47. The fourth-order valence-electron chi connectivity index (χ4n) is 3.45. The van der Waals surface area contributed by atoms with Gasteiger partial charge in [-0.15, -0.1) is 0 Å². The molecule has 0 bridgehead atoms. The Bertz CT molecular complexity index is 627. The van der Waals surface area contributed by atoms with Crippen LogP contribution in [0.4, 0.5) is 0 Å². The normalized spacial score (nSPS) is 15.3. The molecule has 2 aromatic rings. The summed E-state index contributed by atoms with van der Waals surface area (Å²) in [4.78, 5) is 12.5. The van der Waals surface area contributed by atoms with Crippen molar-refractivity contribution in [3.63, 3.8) is 0 Å². The second kappa shape index (κ2) is 6.21. The molecule has 0 saturated heterocycles. The minimum atomic E-state index is 0.186. The molecular formula is C19H22NO+. The zero-order valence-corrected chi connectivity index (χ0v) is 12.6. The molecule has 3 rings (SSSR count). The predicted molar refractivity (Wildman–Crippen MR) is 83.4 cm³/mol. The summed E-state index contributed by atoms with van der Waals surface area (Å²) in [6.45, 7) is 2.61. The number of hydrogen-bond donors (Lipinski definition) is 0. The first kappa shape index (κ1) is 14.0. The van der Waals surface area contributed by atoms with Gasteiger partial charge in [0.15, 0.2) is 11.9 Å². The number of rotatable bonds is 4. The second-order valence-electron chi connectivity index (χ2n) is 5.97. The lowest BCUT2D eigenvalue weighted by atomic mass is 9.98. The number of ketones is 1. The highest BCUT2D eigenvalue weighted by Crippen LogP contribution is 2.33. The molecule has 1 aliphatic rings. The maximum absolute atomic E-state index is 12.5. The van der Waals surface area contributed by atoms with Gasteiger partial charge in [0.1, 0.15) is 0 Å². The van der Waals surface area contributed by atoms with Crippen LogP contribution < -0.4 is 4.57 Å². The van der Waals surface area contributed by atoms with Crippen LogP contribution in [0.2, 0.25) is 0 Å². The molecule has 0 aliphatic heterocycles. The van der Waals surface area contributed by atoms with E-state index in [2.05, 4.69) is 23.8 Å². The zero-order chi connectivity index (χ0) is 14.7. The molecular weight excluding hydrogens is 258 g/mol. The molecule has 1 aromatic carbocycles. The third kappa shape index (κ3) is 3.05. The zero-order valence-electron chi connectivity index (χ0n) is 12.6. The monoisotopic (exact) mass is 280 g/mol. The first-order chi connectivity index (χ1) is 10.3. The standard InChI is InChI=1S/C19H22NO/c1-15-8-7-13-20(19(15)17-11-5-6-12-17)14-18(21)16-9-3-2-4-10-16/h2-4,7-10,13,17H,5-6,11-12,14H2,1H3/q+1. The van der Waals surface area contributed by atoms with Gasteiger partial charge in [0.25, 0.3) is 0 Å². The molecule has 108 valence electrons. The molecule has 1 heterocycles. The minimum Gasteiger partial charge on any atom is -0.287 e. The van der Waals surface area contributed by atoms with E-state index in [4.69, 9.17) is 0 Å². The van der Waals surface area contributed by atoms with Gasteiger partial charge in [0.2, 0.25) is 12.3 Å². The van der Waals surface area contributed by atoms with Crippen LogP contribution >= 0.6 is 0 Å². The first-order valence-electron chi connectivity index (χ1n) is 7.83. The second-order valence-corrected chi connectivity index (χ2v) is 5.97. The number of carbonyl (C=O) groups is 1. The number of benzene rings is 1. The van der Waals surface area contributed by atoms with Crippen molar-refractivity contribution in [1.82, 2.24) is 0 Å². The lowest BCUT2D eigenvalue weighted by Gasteiger charge is -2.11. The lowest BCUT2D eigenvalue weighted by molar-refractivity contribution is -0.692. The number of aryl methyl sites for hydroxylation is 1. The van der Waals surface area contributed by atoms with Crippen molar-refractivity contribution in [1.29, 1.82) is 0 Å². The van der Waals surface area contributed by atoms with Crippen LogP contribution in [-0.2, 0) is 6.54 Å². The molecule has 21 heavy (non-hydrogen) atoms. The number of pyridine rings is 1. The van der Waals surface area contributed by atoms with E-state index < -0.39 is 0 Å². The lowest BCUT2D eigenvalue weighted by Crippen LogP contribution is -2.43. The Labute approximate surface area is 126 Å². The highest BCUT2D eigenvalue weighted by atomic mass is 16.1. The number of Topliss-reactive ketones (excluding diaryl/α,β-unsaturated/α-hetero) is 1. The van der Waals surface area contributed by atoms with E-state index in [1.807, 2.05) is 36.4 Å². The average molecular weight is 280 g/mol. The Balaban J connectivity index is 1.88. The third-order valence-electron chi connectivity index (χ3n) is 4.48. The summed E-state index contributed by atoms with van der Waals surface area (Å²) >= 11 is 0. The molecule has 0 radical (unpaired) electrons. The van der Waals surface area contributed by atoms with Crippen molar-refractivity contribution in [2.75, 3.05) is 0 Å². The molecule has 1 aromatic heterocycles. The van der Waals surface area contributed by atoms with Crippen LogP contribution in [0.1, 0.15) is 53.2 Å². The number of aromatic nitrogens is 1. The van der Waals surface area contributed by atoms with Crippen molar-refractivity contribution >= 4 is 5.78 Å². The van der Waals surface area contributed by atoms with Gasteiger partial charge in [-0.2, -0.15) is 4.57 Å². The SMILES string of the molecule is Cc1ccc[n+](CC(=O)c2ccccc2)c1C1CCCC1. The Morgan fingerprint density at radius 2 is 1.81 bits per heavy atom. The molecule has 0 atom stereocenters. The Morgan fingerprint density at radius 3 is 2.52 bits per heavy atom. The summed E-state index contributed by atoms with van der Waals surface area (Å²) in [5.74, 6) is 0.806. The third-order valence-corrected chi connectivity index (χ3v) is 4.48. The fourth-order valence-corrected chi connectivity index (χ4v) is 3.45. The molecule has 2 nitrogen and oxygen atoms in total. The van der Waals surface area contributed by atoms with Crippen LogP contribution in [-0.4, -0.2) is 5.78 Å². The number of carbonyl (C=O) groups excluding carboxylic acids is 1. The van der Waals surface area contributed by atoms with Crippen LogP contribution in [0.3, 0.4) is 0 Å². The van der Waals surface area contributed by atoms with Gasteiger partial charge in [0, 0.05) is 23.1 Å². The van der Waals surface area contributed by atoms with E-state index in [0.717, 1.165) is 5.56 Å². The number of hydrogen-bond acceptors (Lipinski definition) is 1. The molecule has 1 fully saturated rings. The van der Waals surface area contributed by atoms with E-state index in [0.29, 0.717) is 12.5 Å². The highest BCUT2D eigenvalue weighted by molar-refractivity contribution is 5.94. The minimum absolute atomic E-state index is 0.186. The average Bonchev–Trinajstić information content (AvgIpc) is 3.02. The Morgan fingerprint density at radius 1 is 1.10 bits per heavy atom. The van der Waals surface area contributed by atoms with E-state index in [1.165, 1.54) is 36.9 Å². The predicted octanol–water partition coefficient (Wildman–Crippen LogP) is 3.82. The Hall–Kier alpha value is -1.96. The van der Waals surface area contributed by atoms with Crippen molar-refractivity contribution in [2.24, 2.45) is 0 Å². The van der Waals surface area contributed by atoms with Gasteiger partial charge in [-0.05, 0) is 25.8 Å². The van der Waals surface area contributed by atoms with E-state index in [9.17, 15) is 4.79 Å². The van der Waals surface area contributed by atoms with E-state index in [1.54, 1.807) is 0 Å². The van der Waals surface area contributed by atoms with Crippen LogP contribution in [0.5, 0.6) is 0 Å². The van der Waals surface area contributed by atoms with E-state index in [-0.39, 0.29) is 5.78 Å². The van der Waals surface area contributed by atoms with Gasteiger partial charge < -0.3 is 0 Å². The maximum atomic E-state index is 12.5. The Kier molecular flexibility index (Phi) is 4.14.